The van der Waals surface area contributed by atoms with Gasteiger partial charge >= 0.3 is 0 Å². The smallest absolute Gasteiger partial charge is 0.0516 e. The number of nitrogens with zero attached hydrogens (tertiary/aromatic N) is 1. The molecule has 0 unspecified atom stereocenters. The van der Waals surface area contributed by atoms with E-state index in [4.69, 9.17) is 5.73 Å². The molecule has 98 valence electrons. The molecule has 3 rings (SSSR count). The zero-order valence-corrected chi connectivity index (χ0v) is 12.5. The highest BCUT2D eigenvalue weighted by Crippen LogP contribution is 2.34. The molecule has 1 aliphatic rings. The van der Waals surface area contributed by atoms with Crippen LogP contribution in [-0.2, 0) is 13.1 Å². The van der Waals surface area contributed by atoms with Crippen LogP contribution in [0.1, 0.15) is 29.7 Å². The van der Waals surface area contributed by atoms with Crippen LogP contribution in [0.3, 0.4) is 0 Å². The van der Waals surface area contributed by atoms with Gasteiger partial charge in [0, 0.05) is 23.6 Å². The summed E-state index contributed by atoms with van der Waals surface area (Å²) in [5.74, 6) is 0. The van der Waals surface area contributed by atoms with E-state index in [0.29, 0.717) is 0 Å². The molecule has 1 aliphatic heterocycles. The molecule has 1 atom stereocenters. The molecule has 2 aromatic rings. The lowest BCUT2D eigenvalue weighted by molar-refractivity contribution is 0.814. The number of nitrogens with two attached hydrogens (primary N) is 1. The summed E-state index contributed by atoms with van der Waals surface area (Å²) in [6.07, 6.45) is 0. The zero-order chi connectivity index (χ0) is 13.4. The second-order valence-corrected chi connectivity index (χ2v) is 5.98. The second kappa shape index (κ2) is 4.99. The highest BCUT2D eigenvalue weighted by atomic mass is 79.9. The Morgan fingerprint density at radius 1 is 1.11 bits per heavy atom. The van der Waals surface area contributed by atoms with Crippen LogP contribution in [0, 0.1) is 0 Å². The van der Waals surface area contributed by atoms with Gasteiger partial charge in [0.2, 0.25) is 0 Å². The molecule has 0 aliphatic carbocycles. The van der Waals surface area contributed by atoms with Gasteiger partial charge in [0.15, 0.2) is 0 Å². The van der Waals surface area contributed by atoms with Gasteiger partial charge < -0.3 is 10.6 Å². The largest absolute Gasteiger partial charge is 0.362 e. The maximum Gasteiger partial charge on any atom is 0.0516 e. The standard InChI is InChI=1S/C16H17BrN2/c1-11(18)12-6-7-16(15(17)8-12)19-9-13-4-2-3-5-14(13)10-19/h2-8,11H,9-10,18H2,1H3/t11-/m1/s1. The minimum absolute atomic E-state index is 0.0705. The van der Waals surface area contributed by atoms with Crippen molar-refractivity contribution in [3.8, 4) is 0 Å². The van der Waals surface area contributed by atoms with E-state index in [1.54, 1.807) is 0 Å². The zero-order valence-electron chi connectivity index (χ0n) is 10.9. The van der Waals surface area contributed by atoms with Gasteiger partial charge in [-0.3, -0.25) is 0 Å². The first kappa shape index (κ1) is 12.7. The van der Waals surface area contributed by atoms with Crippen LogP contribution in [-0.4, -0.2) is 0 Å². The third-order valence-electron chi connectivity index (χ3n) is 3.68. The molecule has 2 aromatic carbocycles. The molecule has 3 heteroatoms. The third kappa shape index (κ3) is 2.40. The van der Waals surface area contributed by atoms with Crippen molar-refractivity contribution in [1.29, 1.82) is 0 Å². The molecule has 0 fully saturated rings. The van der Waals surface area contributed by atoms with Crippen LogP contribution in [0.2, 0.25) is 0 Å². The molecular formula is C16H17BrN2. The van der Waals surface area contributed by atoms with Gasteiger partial charge in [-0.2, -0.15) is 0 Å². The Labute approximate surface area is 122 Å². The van der Waals surface area contributed by atoms with Crippen LogP contribution in [0.15, 0.2) is 46.9 Å². The van der Waals surface area contributed by atoms with Crippen LogP contribution in [0.25, 0.3) is 0 Å². The summed E-state index contributed by atoms with van der Waals surface area (Å²) in [6.45, 7) is 3.96. The fourth-order valence-electron chi connectivity index (χ4n) is 2.57. The Kier molecular flexibility index (Phi) is 3.33. The van der Waals surface area contributed by atoms with E-state index in [2.05, 4.69) is 63.3 Å². The van der Waals surface area contributed by atoms with Crippen molar-refractivity contribution in [1.82, 2.24) is 0 Å². The number of anilines is 1. The van der Waals surface area contributed by atoms with E-state index < -0.39 is 0 Å². The molecule has 0 bridgehead atoms. The van der Waals surface area contributed by atoms with Crippen molar-refractivity contribution in [2.45, 2.75) is 26.1 Å². The number of fused-ring (bicyclic) bond motifs is 1. The van der Waals surface area contributed by atoms with Gasteiger partial charge in [-0.25, -0.2) is 0 Å². The number of hydrogen-bond donors (Lipinski definition) is 1. The lowest BCUT2D eigenvalue weighted by atomic mass is 10.1. The van der Waals surface area contributed by atoms with Crippen LogP contribution in [0.4, 0.5) is 5.69 Å². The molecule has 0 amide bonds. The predicted octanol–water partition coefficient (Wildman–Crippen LogP) is 3.99. The summed E-state index contributed by atoms with van der Waals surface area (Å²) in [6, 6.07) is 15.1. The SMILES string of the molecule is C[C@@H](N)c1ccc(N2Cc3ccccc3C2)c(Br)c1. The lowest BCUT2D eigenvalue weighted by Gasteiger charge is -2.20. The van der Waals surface area contributed by atoms with E-state index in [-0.39, 0.29) is 6.04 Å². The fourth-order valence-corrected chi connectivity index (χ4v) is 3.21. The summed E-state index contributed by atoms with van der Waals surface area (Å²) >= 11 is 3.67. The van der Waals surface area contributed by atoms with E-state index in [1.807, 2.05) is 6.92 Å². The summed E-state index contributed by atoms with van der Waals surface area (Å²) in [4.78, 5) is 2.39. The van der Waals surface area contributed by atoms with Gasteiger partial charge in [-0.15, -0.1) is 0 Å². The predicted molar refractivity (Wildman–Crippen MR) is 83.1 cm³/mol. The summed E-state index contributed by atoms with van der Waals surface area (Å²) in [5, 5.41) is 0. The molecule has 0 saturated carbocycles. The summed E-state index contributed by atoms with van der Waals surface area (Å²) in [5.41, 5.74) is 11.2. The lowest BCUT2D eigenvalue weighted by Crippen LogP contribution is -2.15. The second-order valence-electron chi connectivity index (χ2n) is 5.12. The summed E-state index contributed by atoms with van der Waals surface area (Å²) in [7, 11) is 0. The Morgan fingerprint density at radius 3 is 2.26 bits per heavy atom. The molecule has 0 aromatic heterocycles. The first-order valence-corrected chi connectivity index (χ1v) is 7.31. The Balaban J connectivity index is 1.89. The molecule has 0 radical (unpaired) electrons. The van der Waals surface area contributed by atoms with Gasteiger partial charge in [-0.1, -0.05) is 30.3 Å². The molecular weight excluding hydrogens is 300 g/mol. The highest BCUT2D eigenvalue weighted by molar-refractivity contribution is 9.10. The maximum absolute atomic E-state index is 5.92. The summed E-state index contributed by atoms with van der Waals surface area (Å²) < 4.78 is 1.12. The Bertz CT molecular complexity index is 582. The van der Waals surface area contributed by atoms with Gasteiger partial charge in [-0.05, 0) is 51.7 Å². The molecule has 2 nitrogen and oxygen atoms in total. The number of benzene rings is 2. The highest BCUT2D eigenvalue weighted by Gasteiger charge is 2.20. The van der Waals surface area contributed by atoms with Crippen molar-refractivity contribution in [3.05, 3.63) is 63.6 Å². The van der Waals surface area contributed by atoms with Crippen LogP contribution in [0.5, 0.6) is 0 Å². The molecule has 1 heterocycles. The van der Waals surface area contributed by atoms with Crippen LogP contribution >= 0.6 is 15.9 Å². The van der Waals surface area contributed by atoms with Gasteiger partial charge in [0.25, 0.3) is 0 Å². The topological polar surface area (TPSA) is 29.3 Å². The molecule has 19 heavy (non-hydrogen) atoms. The van der Waals surface area contributed by atoms with Gasteiger partial charge in [0.1, 0.15) is 0 Å². The average molecular weight is 317 g/mol. The Morgan fingerprint density at radius 2 is 1.74 bits per heavy atom. The van der Waals surface area contributed by atoms with Crippen molar-refractivity contribution in [3.63, 3.8) is 0 Å². The quantitative estimate of drug-likeness (QED) is 0.907. The van der Waals surface area contributed by atoms with E-state index in [9.17, 15) is 0 Å². The molecule has 2 N–H and O–H groups in total. The van der Waals surface area contributed by atoms with Crippen molar-refractivity contribution in [2.24, 2.45) is 5.73 Å². The normalized spacial score (nSPS) is 15.4. The molecule has 0 spiro atoms. The maximum atomic E-state index is 5.92. The first-order valence-electron chi connectivity index (χ1n) is 6.52. The monoisotopic (exact) mass is 316 g/mol. The number of rotatable bonds is 2. The van der Waals surface area contributed by atoms with Crippen molar-refractivity contribution >= 4 is 21.6 Å². The van der Waals surface area contributed by atoms with E-state index in [1.165, 1.54) is 16.8 Å². The minimum Gasteiger partial charge on any atom is -0.362 e. The number of hydrogen-bond acceptors (Lipinski definition) is 2. The Hall–Kier alpha value is -1.32. The average Bonchev–Trinajstić information content (AvgIpc) is 2.81. The van der Waals surface area contributed by atoms with Crippen LogP contribution < -0.4 is 10.6 Å². The van der Waals surface area contributed by atoms with Gasteiger partial charge in [0.05, 0.1) is 5.69 Å². The van der Waals surface area contributed by atoms with E-state index in [0.717, 1.165) is 23.1 Å². The van der Waals surface area contributed by atoms with Crippen molar-refractivity contribution in [2.75, 3.05) is 4.90 Å². The third-order valence-corrected chi connectivity index (χ3v) is 4.31. The minimum atomic E-state index is 0.0705. The van der Waals surface area contributed by atoms with E-state index >= 15 is 0 Å². The number of halogens is 1. The van der Waals surface area contributed by atoms with Crippen molar-refractivity contribution < 1.29 is 0 Å². The first-order chi connectivity index (χ1) is 9.15. The molecule has 0 saturated heterocycles. The fraction of sp³-hybridized carbons (Fsp3) is 0.250.